The fourth-order valence-corrected chi connectivity index (χ4v) is 4.24. The van der Waals surface area contributed by atoms with Gasteiger partial charge in [-0.25, -0.2) is 13.6 Å². The van der Waals surface area contributed by atoms with Gasteiger partial charge >= 0.3 is 16.6 Å². The molecule has 0 aliphatic heterocycles. The van der Waals surface area contributed by atoms with Gasteiger partial charge in [0, 0.05) is 11.3 Å². The maximum atomic E-state index is 13.4. The van der Waals surface area contributed by atoms with Crippen LogP contribution in [0.5, 0.6) is 5.88 Å². The molecular formula is C17H14F4N2O2S. The van der Waals surface area contributed by atoms with Crippen LogP contribution in [0, 0.1) is 5.82 Å². The average molecular weight is 386 g/mol. The number of halogens is 4. The van der Waals surface area contributed by atoms with E-state index in [2.05, 4.69) is 14.5 Å². The van der Waals surface area contributed by atoms with E-state index in [4.69, 9.17) is 0 Å². The summed E-state index contributed by atoms with van der Waals surface area (Å²) in [4.78, 5) is 3.97. The standard InChI is InChI=1S/C17H14F4N2O2S/c18-11-2-1-3-12(7-11)23-13-8-22-16(25-26(24)17(19,20)21)15-10-5-4-9(6-10)14(13)15/h1-3,7-10,23H,4-6H2. The Balaban J connectivity index is 1.71. The first-order valence-electron chi connectivity index (χ1n) is 8.05. The van der Waals surface area contributed by atoms with E-state index in [0.29, 0.717) is 16.9 Å². The summed E-state index contributed by atoms with van der Waals surface area (Å²) in [6.07, 6.45) is 3.90. The molecule has 2 aliphatic rings. The van der Waals surface area contributed by atoms with E-state index < -0.39 is 22.4 Å². The first-order valence-corrected chi connectivity index (χ1v) is 9.12. The van der Waals surface area contributed by atoms with Gasteiger partial charge in [-0.3, -0.25) is 0 Å². The average Bonchev–Trinajstić information content (AvgIpc) is 3.18. The number of aromatic nitrogens is 1. The van der Waals surface area contributed by atoms with Crippen LogP contribution in [0.2, 0.25) is 0 Å². The van der Waals surface area contributed by atoms with Crippen LogP contribution in [-0.4, -0.2) is 14.7 Å². The molecule has 2 bridgehead atoms. The number of rotatable bonds is 4. The lowest BCUT2D eigenvalue weighted by Gasteiger charge is -2.21. The van der Waals surface area contributed by atoms with Crippen molar-refractivity contribution >= 4 is 22.5 Å². The first kappa shape index (κ1) is 17.3. The molecular weight excluding hydrogens is 372 g/mol. The second kappa shape index (κ2) is 6.22. The molecule has 1 fully saturated rings. The predicted octanol–water partition coefficient (Wildman–Crippen LogP) is 4.89. The number of alkyl halides is 3. The topological polar surface area (TPSA) is 51.2 Å². The third-order valence-electron chi connectivity index (χ3n) is 4.82. The third kappa shape index (κ3) is 3.04. The second-order valence-corrected chi connectivity index (χ2v) is 7.51. The summed E-state index contributed by atoms with van der Waals surface area (Å²) in [5, 5.41) is 3.08. The molecule has 2 aromatic rings. The molecule has 1 N–H and O–H groups in total. The molecule has 0 amide bonds. The van der Waals surface area contributed by atoms with E-state index >= 15 is 0 Å². The minimum atomic E-state index is -4.97. The van der Waals surface area contributed by atoms with Gasteiger partial charge in [-0.05, 0) is 54.9 Å². The molecule has 4 rings (SSSR count). The molecule has 3 atom stereocenters. The smallest absolute Gasteiger partial charge is 0.373 e. The Kier molecular flexibility index (Phi) is 4.13. The minimum absolute atomic E-state index is 0.0389. The SMILES string of the molecule is O=S(Oc1ncc(Nc2cccc(F)c2)c2c1C1CCC2C1)C(F)(F)F. The second-order valence-electron chi connectivity index (χ2n) is 6.41. The molecule has 0 saturated heterocycles. The number of anilines is 2. The minimum Gasteiger partial charge on any atom is -0.373 e. The van der Waals surface area contributed by atoms with E-state index in [-0.39, 0.29) is 17.7 Å². The van der Waals surface area contributed by atoms with Gasteiger partial charge in [0.1, 0.15) is 5.82 Å². The van der Waals surface area contributed by atoms with Crippen molar-refractivity contribution in [1.82, 2.24) is 4.98 Å². The molecule has 1 aromatic carbocycles. The van der Waals surface area contributed by atoms with E-state index in [9.17, 15) is 21.8 Å². The van der Waals surface area contributed by atoms with Gasteiger partial charge < -0.3 is 9.50 Å². The maximum Gasteiger partial charge on any atom is 0.508 e. The van der Waals surface area contributed by atoms with Crippen molar-refractivity contribution in [2.45, 2.75) is 36.6 Å². The molecule has 9 heteroatoms. The number of nitrogens with one attached hydrogen (secondary N) is 1. The van der Waals surface area contributed by atoms with Crippen molar-refractivity contribution in [1.29, 1.82) is 0 Å². The zero-order valence-corrected chi connectivity index (χ0v) is 14.2. The van der Waals surface area contributed by atoms with E-state index in [0.717, 1.165) is 24.8 Å². The number of pyridine rings is 1. The quantitative estimate of drug-likeness (QED) is 0.760. The Hall–Kier alpha value is -2.16. The number of nitrogens with zero attached hydrogens (tertiary/aromatic N) is 1. The molecule has 3 unspecified atom stereocenters. The monoisotopic (exact) mass is 386 g/mol. The van der Waals surface area contributed by atoms with E-state index in [1.54, 1.807) is 12.1 Å². The van der Waals surface area contributed by atoms with Gasteiger partial charge in [0.15, 0.2) is 0 Å². The maximum absolute atomic E-state index is 13.4. The largest absolute Gasteiger partial charge is 0.508 e. The lowest BCUT2D eigenvalue weighted by molar-refractivity contribution is -0.0439. The highest BCUT2D eigenvalue weighted by atomic mass is 32.2. The summed E-state index contributed by atoms with van der Waals surface area (Å²) in [7, 11) is 0. The van der Waals surface area contributed by atoms with Crippen LogP contribution in [0.15, 0.2) is 30.5 Å². The van der Waals surface area contributed by atoms with Gasteiger partial charge in [0.05, 0.1) is 11.9 Å². The van der Waals surface area contributed by atoms with Crippen LogP contribution < -0.4 is 9.50 Å². The summed E-state index contributed by atoms with van der Waals surface area (Å²) in [6, 6.07) is 5.88. The molecule has 0 radical (unpaired) electrons. The Morgan fingerprint density at radius 1 is 1.19 bits per heavy atom. The van der Waals surface area contributed by atoms with Crippen molar-refractivity contribution in [3.05, 3.63) is 47.4 Å². The van der Waals surface area contributed by atoms with Gasteiger partial charge in [0.25, 0.3) is 0 Å². The number of fused-ring (bicyclic) bond motifs is 5. The lowest BCUT2D eigenvalue weighted by atomic mass is 9.91. The van der Waals surface area contributed by atoms with Crippen LogP contribution in [0.25, 0.3) is 0 Å². The van der Waals surface area contributed by atoms with Crippen molar-refractivity contribution in [3.8, 4) is 5.88 Å². The number of hydrogen-bond donors (Lipinski definition) is 1. The van der Waals surface area contributed by atoms with Gasteiger partial charge in [-0.15, -0.1) is 0 Å². The number of hydrogen-bond acceptors (Lipinski definition) is 4. The van der Waals surface area contributed by atoms with Gasteiger partial charge in [0.2, 0.25) is 5.88 Å². The van der Waals surface area contributed by atoms with Crippen LogP contribution >= 0.6 is 0 Å². The van der Waals surface area contributed by atoms with Crippen molar-refractivity contribution in [3.63, 3.8) is 0 Å². The molecule has 1 heterocycles. The molecule has 1 aromatic heterocycles. The Labute approximate surface area is 149 Å². The summed E-state index contributed by atoms with van der Waals surface area (Å²) in [5.74, 6) is -0.415. The summed E-state index contributed by atoms with van der Waals surface area (Å²) >= 11 is -3.46. The van der Waals surface area contributed by atoms with E-state index in [1.165, 1.54) is 18.3 Å². The first-order chi connectivity index (χ1) is 12.3. The predicted molar refractivity (Wildman–Crippen MR) is 88.1 cm³/mol. The highest BCUT2D eigenvalue weighted by Gasteiger charge is 2.45. The zero-order valence-electron chi connectivity index (χ0n) is 13.3. The van der Waals surface area contributed by atoms with Crippen molar-refractivity contribution < 1.29 is 26.0 Å². The van der Waals surface area contributed by atoms with Crippen molar-refractivity contribution in [2.75, 3.05) is 5.32 Å². The molecule has 0 spiro atoms. The summed E-state index contributed by atoms with van der Waals surface area (Å²) < 4.78 is 67.1. The number of benzene rings is 1. The van der Waals surface area contributed by atoms with Crippen LogP contribution in [0.3, 0.4) is 0 Å². The highest BCUT2D eigenvalue weighted by molar-refractivity contribution is 7.81. The van der Waals surface area contributed by atoms with Crippen LogP contribution in [0.1, 0.15) is 42.2 Å². The molecule has 2 aliphatic carbocycles. The van der Waals surface area contributed by atoms with Gasteiger partial charge in [-0.2, -0.15) is 13.2 Å². The van der Waals surface area contributed by atoms with E-state index in [1.807, 2.05) is 0 Å². The summed E-state index contributed by atoms with van der Waals surface area (Å²) in [6.45, 7) is 0. The Morgan fingerprint density at radius 2 is 1.92 bits per heavy atom. The van der Waals surface area contributed by atoms with Crippen molar-refractivity contribution in [2.24, 2.45) is 0 Å². The summed E-state index contributed by atoms with van der Waals surface area (Å²) in [5.41, 5.74) is -2.42. The van der Waals surface area contributed by atoms with Gasteiger partial charge in [-0.1, -0.05) is 6.07 Å². The normalized spacial score (nSPS) is 22.2. The lowest BCUT2D eigenvalue weighted by Crippen LogP contribution is -2.22. The molecule has 26 heavy (non-hydrogen) atoms. The van der Waals surface area contributed by atoms with Crippen LogP contribution in [0.4, 0.5) is 28.9 Å². The third-order valence-corrected chi connectivity index (χ3v) is 5.51. The molecule has 138 valence electrons. The van der Waals surface area contributed by atoms with Crippen LogP contribution in [-0.2, 0) is 11.1 Å². The fraction of sp³-hybridized carbons (Fsp3) is 0.353. The Morgan fingerprint density at radius 3 is 2.62 bits per heavy atom. The molecule has 4 nitrogen and oxygen atoms in total. The molecule has 1 saturated carbocycles. The zero-order chi connectivity index (χ0) is 18.5. The highest BCUT2D eigenvalue weighted by Crippen LogP contribution is 2.58. The Bertz CT molecular complexity index is 888. The fourth-order valence-electron chi connectivity index (χ4n) is 3.87.